The van der Waals surface area contributed by atoms with E-state index < -0.39 is 0 Å². The number of ether oxygens (including phenoxy) is 1. The summed E-state index contributed by atoms with van der Waals surface area (Å²) in [6.07, 6.45) is 2.64. The Hall–Kier alpha value is -1.58. The molecule has 0 saturated heterocycles. The van der Waals surface area contributed by atoms with Crippen LogP contribution in [-0.4, -0.2) is 16.6 Å². The van der Waals surface area contributed by atoms with Crippen LogP contribution in [0.25, 0.3) is 0 Å². The Labute approximate surface area is 96.6 Å². The molecule has 0 spiro atoms. The molecule has 0 fully saturated rings. The average Bonchev–Trinajstić information content (AvgIpc) is 2.16. The van der Waals surface area contributed by atoms with E-state index in [-0.39, 0.29) is 0 Å². The summed E-state index contributed by atoms with van der Waals surface area (Å²) in [4.78, 5) is 8.41. The normalized spacial score (nSPS) is 10.1. The van der Waals surface area contributed by atoms with Crippen LogP contribution in [0.5, 0.6) is 5.88 Å². The number of nitrogens with two attached hydrogens (primary N) is 1. The van der Waals surface area contributed by atoms with Crippen LogP contribution in [0.3, 0.4) is 0 Å². The van der Waals surface area contributed by atoms with Gasteiger partial charge in [0.2, 0.25) is 5.88 Å². The molecular weight excluding hydrogens is 202 g/mol. The molecule has 1 aromatic rings. The Morgan fingerprint density at radius 3 is 2.88 bits per heavy atom. The summed E-state index contributed by atoms with van der Waals surface area (Å²) in [7, 11) is 0. The fraction of sp³-hybridized carbons (Fsp3) is 0.500. The first kappa shape index (κ1) is 12.5. The second-order valence-electron chi connectivity index (χ2n) is 3.85. The maximum atomic E-state index is 5.67. The number of aromatic nitrogens is 2. The van der Waals surface area contributed by atoms with Crippen molar-refractivity contribution in [1.29, 1.82) is 0 Å². The highest BCUT2D eigenvalue weighted by atomic mass is 16.5. The first-order valence-electron chi connectivity index (χ1n) is 5.52. The van der Waals surface area contributed by atoms with Gasteiger partial charge in [-0.3, -0.25) is 0 Å². The van der Waals surface area contributed by atoms with Gasteiger partial charge in [0, 0.05) is 18.9 Å². The Bertz CT molecular complexity index is 363. The van der Waals surface area contributed by atoms with Crippen LogP contribution >= 0.6 is 0 Å². The predicted molar refractivity (Wildman–Crippen MR) is 65.4 cm³/mol. The van der Waals surface area contributed by atoms with Gasteiger partial charge in [0.05, 0.1) is 6.61 Å². The topological polar surface area (TPSA) is 61.0 Å². The maximum Gasteiger partial charge on any atom is 0.218 e. The van der Waals surface area contributed by atoms with Gasteiger partial charge < -0.3 is 10.5 Å². The number of nitrogens with zero attached hydrogens (tertiary/aromatic N) is 2. The van der Waals surface area contributed by atoms with Crippen LogP contribution in [0, 0.1) is 0 Å². The van der Waals surface area contributed by atoms with Gasteiger partial charge in [-0.25, -0.2) is 4.98 Å². The largest absolute Gasteiger partial charge is 0.477 e. The van der Waals surface area contributed by atoms with Crippen molar-refractivity contribution in [3.8, 4) is 5.88 Å². The third-order valence-electron chi connectivity index (χ3n) is 2.02. The van der Waals surface area contributed by atoms with Crippen molar-refractivity contribution in [2.45, 2.75) is 33.1 Å². The van der Waals surface area contributed by atoms with Crippen molar-refractivity contribution >= 4 is 5.82 Å². The van der Waals surface area contributed by atoms with Gasteiger partial charge >= 0.3 is 0 Å². The fourth-order valence-electron chi connectivity index (χ4n) is 1.23. The number of hydrogen-bond acceptors (Lipinski definition) is 4. The molecule has 0 unspecified atom stereocenters. The Kier molecular flexibility index (Phi) is 4.76. The van der Waals surface area contributed by atoms with E-state index in [1.54, 1.807) is 6.07 Å². The number of aryl methyl sites for hydroxylation is 1. The molecule has 0 aromatic carbocycles. The quantitative estimate of drug-likeness (QED) is 0.749. The van der Waals surface area contributed by atoms with E-state index in [4.69, 9.17) is 10.5 Å². The van der Waals surface area contributed by atoms with Crippen LogP contribution in [0.15, 0.2) is 18.2 Å². The summed E-state index contributed by atoms with van der Waals surface area (Å²) < 4.78 is 5.49. The Balaban J connectivity index is 2.61. The minimum absolute atomic E-state index is 0.462. The molecule has 0 atom stereocenters. The fourth-order valence-corrected chi connectivity index (χ4v) is 1.23. The van der Waals surface area contributed by atoms with E-state index >= 15 is 0 Å². The summed E-state index contributed by atoms with van der Waals surface area (Å²) in [6.45, 7) is 8.44. The molecule has 0 aliphatic rings. The van der Waals surface area contributed by atoms with Crippen molar-refractivity contribution in [1.82, 2.24) is 9.97 Å². The predicted octanol–water partition coefficient (Wildman–Crippen LogP) is 2.36. The molecule has 1 rings (SSSR count). The minimum Gasteiger partial charge on any atom is -0.477 e. The molecule has 0 amide bonds. The number of anilines is 1. The second kappa shape index (κ2) is 6.10. The highest BCUT2D eigenvalue weighted by Crippen LogP contribution is 2.12. The second-order valence-corrected chi connectivity index (χ2v) is 3.85. The van der Waals surface area contributed by atoms with Crippen molar-refractivity contribution in [3.63, 3.8) is 0 Å². The third-order valence-corrected chi connectivity index (χ3v) is 2.02. The minimum atomic E-state index is 0.462. The van der Waals surface area contributed by atoms with E-state index in [1.165, 1.54) is 0 Å². The number of nitrogen functional groups attached to an aromatic ring is 1. The highest BCUT2D eigenvalue weighted by molar-refractivity contribution is 5.32. The highest BCUT2D eigenvalue weighted by Gasteiger charge is 2.02. The summed E-state index contributed by atoms with van der Waals surface area (Å²) in [5, 5.41) is 0. The lowest BCUT2D eigenvalue weighted by molar-refractivity contribution is 0.308. The molecule has 1 heterocycles. The molecule has 0 bridgehead atoms. The van der Waals surface area contributed by atoms with Crippen molar-refractivity contribution in [3.05, 3.63) is 24.0 Å². The lowest BCUT2D eigenvalue weighted by atomic mass is 10.3. The van der Waals surface area contributed by atoms with E-state index in [0.29, 0.717) is 18.3 Å². The Morgan fingerprint density at radius 2 is 2.25 bits per heavy atom. The molecule has 0 aliphatic heterocycles. The summed E-state index contributed by atoms with van der Waals surface area (Å²) >= 11 is 0. The number of hydrogen-bond donors (Lipinski definition) is 1. The number of rotatable bonds is 6. The van der Waals surface area contributed by atoms with Gasteiger partial charge in [0.1, 0.15) is 11.6 Å². The lowest BCUT2D eigenvalue weighted by Gasteiger charge is -2.07. The van der Waals surface area contributed by atoms with Gasteiger partial charge in [-0.15, -0.1) is 6.58 Å². The molecule has 2 N–H and O–H groups in total. The smallest absolute Gasteiger partial charge is 0.218 e. The molecule has 4 nitrogen and oxygen atoms in total. The van der Waals surface area contributed by atoms with Gasteiger partial charge in [0.15, 0.2) is 0 Å². The van der Waals surface area contributed by atoms with Crippen LogP contribution in [-0.2, 0) is 6.42 Å². The monoisotopic (exact) mass is 221 g/mol. The van der Waals surface area contributed by atoms with Crippen molar-refractivity contribution in [2.24, 2.45) is 0 Å². The lowest BCUT2D eigenvalue weighted by Crippen LogP contribution is -2.05. The zero-order chi connectivity index (χ0) is 12.0. The van der Waals surface area contributed by atoms with Crippen molar-refractivity contribution in [2.75, 3.05) is 12.3 Å². The molecular formula is C12H19N3O. The van der Waals surface area contributed by atoms with Crippen LogP contribution < -0.4 is 10.5 Å². The molecule has 0 saturated carbocycles. The SMILES string of the molecule is C=C(C)CCOc1cc(N)nc(CCC)n1. The van der Waals surface area contributed by atoms with E-state index in [1.807, 2.05) is 6.92 Å². The summed E-state index contributed by atoms with van der Waals surface area (Å²) in [6, 6.07) is 1.65. The summed E-state index contributed by atoms with van der Waals surface area (Å²) in [5.74, 6) is 1.76. The maximum absolute atomic E-state index is 5.67. The molecule has 4 heteroatoms. The molecule has 0 radical (unpaired) electrons. The van der Waals surface area contributed by atoms with Gasteiger partial charge in [-0.05, 0) is 13.3 Å². The van der Waals surface area contributed by atoms with Gasteiger partial charge in [-0.2, -0.15) is 4.98 Å². The van der Waals surface area contributed by atoms with Gasteiger partial charge in [0.25, 0.3) is 0 Å². The van der Waals surface area contributed by atoms with Gasteiger partial charge in [-0.1, -0.05) is 12.5 Å². The van der Waals surface area contributed by atoms with E-state index in [9.17, 15) is 0 Å². The van der Waals surface area contributed by atoms with E-state index in [2.05, 4.69) is 23.5 Å². The first-order valence-corrected chi connectivity index (χ1v) is 5.52. The zero-order valence-corrected chi connectivity index (χ0v) is 9.99. The van der Waals surface area contributed by atoms with E-state index in [0.717, 1.165) is 30.7 Å². The average molecular weight is 221 g/mol. The van der Waals surface area contributed by atoms with Crippen LogP contribution in [0.4, 0.5) is 5.82 Å². The standard InChI is InChI=1S/C12H19N3O/c1-4-5-11-14-10(13)8-12(15-11)16-7-6-9(2)3/h8H,2,4-7H2,1,3H3,(H2,13,14,15). The zero-order valence-electron chi connectivity index (χ0n) is 9.99. The molecule has 0 aliphatic carbocycles. The van der Waals surface area contributed by atoms with Crippen LogP contribution in [0.1, 0.15) is 32.5 Å². The molecule has 1 aromatic heterocycles. The first-order chi connectivity index (χ1) is 7.61. The molecule has 16 heavy (non-hydrogen) atoms. The van der Waals surface area contributed by atoms with Crippen LogP contribution in [0.2, 0.25) is 0 Å². The summed E-state index contributed by atoms with van der Waals surface area (Å²) in [5.41, 5.74) is 6.77. The Morgan fingerprint density at radius 1 is 1.50 bits per heavy atom. The molecule has 88 valence electrons. The third kappa shape index (κ3) is 4.29. The van der Waals surface area contributed by atoms with Crippen molar-refractivity contribution < 1.29 is 4.74 Å².